The number of furan rings is 1. The lowest BCUT2D eigenvalue weighted by molar-refractivity contribution is 0.0657. The minimum Gasteiger partial charge on any atom is -0.467 e. The molecule has 1 aromatic heterocycles. The highest BCUT2D eigenvalue weighted by Gasteiger charge is 2.10. The van der Waals surface area contributed by atoms with Crippen LogP contribution in [0.3, 0.4) is 0 Å². The number of nitrogens with two attached hydrogens (primary N) is 1. The maximum atomic E-state index is 12.1. The fourth-order valence-corrected chi connectivity index (χ4v) is 1.81. The number of amides is 1. The molecule has 0 saturated heterocycles. The van der Waals surface area contributed by atoms with Crippen LogP contribution in [0.2, 0.25) is 0 Å². The fraction of sp³-hybridized carbons (Fsp3) is 0.312. The summed E-state index contributed by atoms with van der Waals surface area (Å²) in [5.74, 6) is 0.361. The van der Waals surface area contributed by atoms with E-state index >= 15 is 0 Å². The minimum atomic E-state index is -0.222. The topological polar surface area (TPSA) is 77.5 Å². The van der Waals surface area contributed by atoms with E-state index in [4.69, 9.17) is 14.9 Å². The van der Waals surface area contributed by atoms with E-state index in [-0.39, 0.29) is 18.6 Å². The van der Waals surface area contributed by atoms with Gasteiger partial charge < -0.3 is 20.2 Å². The second-order valence-corrected chi connectivity index (χ2v) is 5.02. The molecule has 2 rings (SSSR count). The molecule has 0 bridgehead atoms. The molecule has 1 heterocycles. The molecule has 0 atom stereocenters. The zero-order chi connectivity index (χ0) is 15.2. The van der Waals surface area contributed by atoms with Gasteiger partial charge in [0.1, 0.15) is 12.0 Å². The Morgan fingerprint density at radius 1 is 1.38 bits per heavy atom. The third kappa shape index (κ3) is 4.44. The zero-order valence-electron chi connectivity index (χ0n) is 12.3. The Kier molecular flexibility index (Phi) is 5.14. The third-order valence-corrected chi connectivity index (χ3v) is 2.89. The van der Waals surface area contributed by atoms with Crippen molar-refractivity contribution >= 4 is 11.6 Å². The summed E-state index contributed by atoms with van der Waals surface area (Å²) in [6.07, 6.45) is 1.58. The van der Waals surface area contributed by atoms with Crippen LogP contribution in [-0.2, 0) is 17.9 Å². The Morgan fingerprint density at radius 3 is 2.86 bits per heavy atom. The van der Waals surface area contributed by atoms with Crippen molar-refractivity contribution in [1.82, 2.24) is 0 Å². The molecule has 112 valence electrons. The summed E-state index contributed by atoms with van der Waals surface area (Å²) in [5.41, 5.74) is 7.64. The van der Waals surface area contributed by atoms with Gasteiger partial charge in [-0.3, -0.25) is 4.79 Å². The largest absolute Gasteiger partial charge is 0.467 e. The number of benzene rings is 1. The molecule has 1 amide bonds. The molecule has 1 aromatic carbocycles. The van der Waals surface area contributed by atoms with Gasteiger partial charge in [0, 0.05) is 5.69 Å². The van der Waals surface area contributed by atoms with Crippen molar-refractivity contribution < 1.29 is 13.9 Å². The Labute approximate surface area is 124 Å². The summed E-state index contributed by atoms with van der Waals surface area (Å²) in [6.45, 7) is 4.76. The third-order valence-electron chi connectivity index (χ3n) is 2.89. The smallest absolute Gasteiger partial charge is 0.258 e. The van der Waals surface area contributed by atoms with Gasteiger partial charge in [-0.15, -0.1) is 0 Å². The first-order valence-corrected chi connectivity index (χ1v) is 6.88. The predicted molar refractivity (Wildman–Crippen MR) is 80.9 cm³/mol. The monoisotopic (exact) mass is 288 g/mol. The van der Waals surface area contributed by atoms with Gasteiger partial charge in [-0.2, -0.15) is 0 Å². The van der Waals surface area contributed by atoms with Gasteiger partial charge in [0.05, 0.1) is 24.8 Å². The summed E-state index contributed by atoms with van der Waals surface area (Å²) < 4.78 is 10.7. The number of carbonyl (C=O) groups is 1. The van der Waals surface area contributed by atoms with Crippen molar-refractivity contribution in [3.05, 3.63) is 53.5 Å². The predicted octanol–water partition coefficient (Wildman–Crippen LogP) is 2.92. The molecule has 0 aliphatic heterocycles. The zero-order valence-corrected chi connectivity index (χ0v) is 12.3. The first-order chi connectivity index (χ1) is 10.1. The van der Waals surface area contributed by atoms with E-state index in [9.17, 15) is 4.79 Å². The lowest BCUT2D eigenvalue weighted by Gasteiger charge is -2.09. The number of ether oxygens (including phenoxy) is 1. The van der Waals surface area contributed by atoms with Crippen LogP contribution in [0, 0.1) is 0 Å². The minimum absolute atomic E-state index is 0.170. The highest BCUT2D eigenvalue weighted by molar-refractivity contribution is 6.04. The van der Waals surface area contributed by atoms with Crippen LogP contribution < -0.4 is 11.1 Å². The molecule has 0 unspecified atom stereocenters. The van der Waals surface area contributed by atoms with Gasteiger partial charge in [-0.1, -0.05) is 12.1 Å². The SMILES string of the molecule is CC(C)OCc1cccc(NC(=O)c2coc(CN)c2)c1. The van der Waals surface area contributed by atoms with Gasteiger partial charge in [-0.05, 0) is 37.6 Å². The van der Waals surface area contributed by atoms with Crippen LogP contribution in [0.5, 0.6) is 0 Å². The number of rotatable bonds is 6. The average molecular weight is 288 g/mol. The van der Waals surface area contributed by atoms with Crippen molar-refractivity contribution in [2.45, 2.75) is 33.1 Å². The number of hydrogen-bond acceptors (Lipinski definition) is 4. The Hall–Kier alpha value is -2.11. The fourth-order valence-electron chi connectivity index (χ4n) is 1.81. The van der Waals surface area contributed by atoms with E-state index in [2.05, 4.69) is 5.32 Å². The van der Waals surface area contributed by atoms with Crippen molar-refractivity contribution in [2.75, 3.05) is 5.32 Å². The molecule has 0 saturated carbocycles. The molecule has 0 radical (unpaired) electrons. The molecule has 21 heavy (non-hydrogen) atoms. The molecule has 5 nitrogen and oxygen atoms in total. The first-order valence-electron chi connectivity index (χ1n) is 6.88. The lowest BCUT2D eigenvalue weighted by atomic mass is 10.2. The van der Waals surface area contributed by atoms with E-state index in [0.29, 0.717) is 17.9 Å². The van der Waals surface area contributed by atoms with Crippen molar-refractivity contribution in [3.8, 4) is 0 Å². The number of carbonyl (C=O) groups excluding carboxylic acids is 1. The second kappa shape index (κ2) is 7.06. The van der Waals surface area contributed by atoms with Crippen LogP contribution in [-0.4, -0.2) is 12.0 Å². The van der Waals surface area contributed by atoms with Crippen LogP contribution in [0.4, 0.5) is 5.69 Å². The van der Waals surface area contributed by atoms with Gasteiger partial charge in [0.2, 0.25) is 0 Å². The maximum absolute atomic E-state index is 12.1. The summed E-state index contributed by atoms with van der Waals surface area (Å²) >= 11 is 0. The second-order valence-electron chi connectivity index (χ2n) is 5.02. The number of hydrogen-bond donors (Lipinski definition) is 2. The summed E-state index contributed by atoms with van der Waals surface area (Å²) in [7, 11) is 0. The van der Waals surface area contributed by atoms with E-state index in [0.717, 1.165) is 11.3 Å². The summed E-state index contributed by atoms with van der Waals surface area (Å²) in [4.78, 5) is 12.1. The van der Waals surface area contributed by atoms with Crippen LogP contribution in [0.1, 0.15) is 35.5 Å². The molecular formula is C16H20N2O3. The van der Waals surface area contributed by atoms with Crippen LogP contribution in [0.25, 0.3) is 0 Å². The Balaban J connectivity index is 2.01. The normalized spacial score (nSPS) is 10.9. The van der Waals surface area contributed by atoms with Crippen molar-refractivity contribution in [1.29, 1.82) is 0 Å². The Morgan fingerprint density at radius 2 is 2.19 bits per heavy atom. The number of anilines is 1. The first kappa shape index (κ1) is 15.3. The molecule has 0 aliphatic rings. The molecule has 5 heteroatoms. The maximum Gasteiger partial charge on any atom is 0.258 e. The van der Waals surface area contributed by atoms with Crippen molar-refractivity contribution in [3.63, 3.8) is 0 Å². The van der Waals surface area contributed by atoms with Gasteiger partial charge in [0.15, 0.2) is 0 Å². The Bertz CT molecular complexity index is 605. The van der Waals surface area contributed by atoms with E-state index in [1.165, 1.54) is 6.26 Å². The van der Waals surface area contributed by atoms with Crippen molar-refractivity contribution in [2.24, 2.45) is 5.73 Å². The summed E-state index contributed by atoms with van der Waals surface area (Å²) in [5, 5.41) is 2.83. The van der Waals surface area contributed by atoms with Gasteiger partial charge in [-0.25, -0.2) is 0 Å². The molecule has 0 aliphatic carbocycles. The molecule has 3 N–H and O–H groups in total. The van der Waals surface area contributed by atoms with E-state index in [1.54, 1.807) is 6.07 Å². The van der Waals surface area contributed by atoms with E-state index in [1.807, 2.05) is 38.1 Å². The number of nitrogens with one attached hydrogen (secondary N) is 1. The summed E-state index contributed by atoms with van der Waals surface area (Å²) in [6, 6.07) is 9.21. The van der Waals surface area contributed by atoms with Crippen LogP contribution in [0.15, 0.2) is 41.0 Å². The van der Waals surface area contributed by atoms with Gasteiger partial charge >= 0.3 is 0 Å². The highest BCUT2D eigenvalue weighted by Crippen LogP contribution is 2.15. The highest BCUT2D eigenvalue weighted by atomic mass is 16.5. The lowest BCUT2D eigenvalue weighted by Crippen LogP contribution is -2.11. The van der Waals surface area contributed by atoms with Gasteiger partial charge in [0.25, 0.3) is 5.91 Å². The molecule has 0 fully saturated rings. The van der Waals surface area contributed by atoms with Crippen LogP contribution >= 0.6 is 0 Å². The van der Waals surface area contributed by atoms with E-state index < -0.39 is 0 Å². The quantitative estimate of drug-likeness (QED) is 0.856. The molecular weight excluding hydrogens is 268 g/mol. The molecule has 2 aromatic rings. The average Bonchev–Trinajstić information content (AvgIpc) is 2.94. The molecule has 0 spiro atoms. The standard InChI is InChI=1S/C16H20N2O3/c1-11(2)20-9-12-4-3-5-14(6-12)18-16(19)13-7-15(8-17)21-10-13/h3-7,10-11H,8-9,17H2,1-2H3,(H,18,19).